The average molecular weight is 281 g/mol. The summed E-state index contributed by atoms with van der Waals surface area (Å²) in [6, 6.07) is 6.79. The fourth-order valence-electron chi connectivity index (χ4n) is 1.41. The Labute approximate surface area is 117 Å². The van der Waals surface area contributed by atoms with E-state index in [-0.39, 0.29) is 0 Å². The van der Waals surface area contributed by atoms with Crippen LogP contribution in [0.2, 0.25) is 0 Å². The Hall–Kier alpha value is -2.08. The molecule has 1 atom stereocenters. The third-order valence-corrected chi connectivity index (χ3v) is 2.26. The molecular weight excluding hydrogens is 262 g/mol. The summed E-state index contributed by atoms with van der Waals surface area (Å²) in [7, 11) is 0. The van der Waals surface area contributed by atoms with Crippen molar-refractivity contribution in [2.75, 3.05) is 0 Å². The maximum atomic E-state index is 11.4. The highest BCUT2D eigenvalue weighted by Crippen LogP contribution is 2.17. The number of carbonyl (C=O) groups is 2. The largest absolute Gasteiger partial charge is 0.479 e. The second-order valence-electron chi connectivity index (χ2n) is 5.35. The van der Waals surface area contributed by atoms with Gasteiger partial charge in [-0.1, -0.05) is 29.8 Å². The monoisotopic (exact) mass is 281 g/mol. The van der Waals surface area contributed by atoms with E-state index in [0.29, 0.717) is 5.56 Å². The van der Waals surface area contributed by atoms with Crippen molar-refractivity contribution in [1.82, 2.24) is 5.48 Å². The molecule has 0 aliphatic rings. The first-order chi connectivity index (χ1) is 9.19. The summed E-state index contributed by atoms with van der Waals surface area (Å²) in [5.41, 5.74) is 2.74. The van der Waals surface area contributed by atoms with Gasteiger partial charge in [-0.15, -0.1) is 0 Å². The Balaban J connectivity index is 2.67. The summed E-state index contributed by atoms with van der Waals surface area (Å²) in [4.78, 5) is 27.5. The number of aryl methyl sites for hydroxylation is 1. The minimum absolute atomic E-state index is 0.430. The molecule has 1 rings (SSSR count). The zero-order valence-electron chi connectivity index (χ0n) is 12.0. The fraction of sp³-hybridized carbons (Fsp3) is 0.429. The van der Waals surface area contributed by atoms with E-state index in [1.54, 1.807) is 45.0 Å². The predicted molar refractivity (Wildman–Crippen MR) is 72.0 cm³/mol. The summed E-state index contributed by atoms with van der Waals surface area (Å²) in [6.07, 6.45) is -2.13. The van der Waals surface area contributed by atoms with Gasteiger partial charge in [0.1, 0.15) is 5.60 Å². The molecule has 0 aromatic heterocycles. The molecule has 0 fully saturated rings. The second kappa shape index (κ2) is 6.38. The number of ether oxygens (including phenoxy) is 1. The van der Waals surface area contributed by atoms with Gasteiger partial charge >= 0.3 is 12.1 Å². The van der Waals surface area contributed by atoms with Crippen LogP contribution in [0.1, 0.15) is 38.0 Å². The SMILES string of the molecule is Cc1ccc(C(ONC(=O)OC(C)(C)C)C(=O)O)cc1. The van der Waals surface area contributed by atoms with Gasteiger partial charge < -0.3 is 9.84 Å². The lowest BCUT2D eigenvalue weighted by atomic mass is 10.1. The molecule has 0 spiro atoms. The van der Waals surface area contributed by atoms with E-state index < -0.39 is 23.8 Å². The Morgan fingerprint density at radius 3 is 2.20 bits per heavy atom. The van der Waals surface area contributed by atoms with Gasteiger partial charge in [0, 0.05) is 0 Å². The molecule has 1 amide bonds. The molecule has 0 heterocycles. The van der Waals surface area contributed by atoms with Crippen molar-refractivity contribution in [3.63, 3.8) is 0 Å². The molecule has 1 unspecified atom stereocenters. The molecule has 6 heteroatoms. The Bertz CT molecular complexity index is 475. The van der Waals surface area contributed by atoms with Crippen LogP contribution < -0.4 is 5.48 Å². The zero-order valence-corrected chi connectivity index (χ0v) is 12.0. The van der Waals surface area contributed by atoms with Crippen LogP contribution in [-0.2, 0) is 14.4 Å². The van der Waals surface area contributed by atoms with E-state index in [2.05, 4.69) is 0 Å². The maximum absolute atomic E-state index is 11.4. The third-order valence-electron chi connectivity index (χ3n) is 2.26. The lowest BCUT2D eigenvalue weighted by molar-refractivity contribution is -0.155. The van der Waals surface area contributed by atoms with E-state index in [9.17, 15) is 9.59 Å². The van der Waals surface area contributed by atoms with Crippen molar-refractivity contribution in [3.8, 4) is 0 Å². The van der Waals surface area contributed by atoms with Crippen molar-refractivity contribution in [1.29, 1.82) is 0 Å². The topological polar surface area (TPSA) is 84.9 Å². The van der Waals surface area contributed by atoms with Gasteiger partial charge in [0.25, 0.3) is 0 Å². The first kappa shape index (κ1) is 16.0. The van der Waals surface area contributed by atoms with Crippen molar-refractivity contribution in [2.45, 2.75) is 39.4 Å². The fourth-order valence-corrected chi connectivity index (χ4v) is 1.41. The summed E-state index contributed by atoms with van der Waals surface area (Å²) >= 11 is 0. The number of amides is 1. The number of benzene rings is 1. The van der Waals surface area contributed by atoms with E-state index >= 15 is 0 Å². The van der Waals surface area contributed by atoms with Crippen LogP contribution in [0.15, 0.2) is 24.3 Å². The maximum Gasteiger partial charge on any atom is 0.431 e. The number of rotatable bonds is 4. The van der Waals surface area contributed by atoms with E-state index in [1.807, 2.05) is 12.4 Å². The molecule has 0 saturated heterocycles. The highest BCUT2D eigenvalue weighted by molar-refractivity contribution is 5.75. The highest BCUT2D eigenvalue weighted by Gasteiger charge is 2.23. The molecule has 20 heavy (non-hydrogen) atoms. The molecule has 6 nitrogen and oxygen atoms in total. The first-order valence-electron chi connectivity index (χ1n) is 6.13. The number of carboxylic acid groups (broad SMARTS) is 1. The Kier molecular flexibility index (Phi) is 5.10. The van der Waals surface area contributed by atoms with Gasteiger partial charge in [-0.3, -0.25) is 4.84 Å². The van der Waals surface area contributed by atoms with Gasteiger partial charge in [0.15, 0.2) is 0 Å². The average Bonchev–Trinajstić information content (AvgIpc) is 2.29. The Morgan fingerprint density at radius 1 is 1.20 bits per heavy atom. The molecule has 0 aliphatic carbocycles. The number of hydrogen-bond acceptors (Lipinski definition) is 4. The van der Waals surface area contributed by atoms with Crippen LogP contribution in [0.5, 0.6) is 0 Å². The molecule has 2 N–H and O–H groups in total. The molecule has 1 aromatic carbocycles. The molecular formula is C14H19NO5. The Morgan fingerprint density at radius 2 is 1.75 bits per heavy atom. The minimum Gasteiger partial charge on any atom is -0.479 e. The number of aliphatic carboxylic acids is 1. The van der Waals surface area contributed by atoms with Gasteiger partial charge in [-0.05, 0) is 33.3 Å². The van der Waals surface area contributed by atoms with Crippen LogP contribution in [-0.4, -0.2) is 22.8 Å². The summed E-state index contributed by atoms with van der Waals surface area (Å²) in [5.74, 6) is -1.20. The minimum atomic E-state index is -1.29. The van der Waals surface area contributed by atoms with E-state index in [0.717, 1.165) is 5.56 Å². The predicted octanol–water partition coefficient (Wildman–Crippen LogP) is 2.58. The number of hydroxylamine groups is 1. The van der Waals surface area contributed by atoms with Crippen LogP contribution in [0.4, 0.5) is 4.79 Å². The van der Waals surface area contributed by atoms with Crippen LogP contribution in [0, 0.1) is 6.92 Å². The standard InChI is InChI=1S/C14H19NO5/c1-9-5-7-10(8-6-9)11(12(16)17)20-15-13(18)19-14(2,3)4/h5-8,11H,1-4H3,(H,15,18)(H,16,17). The van der Waals surface area contributed by atoms with Crippen LogP contribution >= 0.6 is 0 Å². The number of carboxylic acids is 1. The van der Waals surface area contributed by atoms with Crippen LogP contribution in [0.25, 0.3) is 0 Å². The first-order valence-corrected chi connectivity index (χ1v) is 6.13. The molecule has 1 aromatic rings. The smallest absolute Gasteiger partial charge is 0.431 e. The molecule has 0 bridgehead atoms. The van der Waals surface area contributed by atoms with Gasteiger partial charge in [-0.2, -0.15) is 5.48 Å². The summed E-state index contributed by atoms with van der Waals surface area (Å²) < 4.78 is 4.95. The van der Waals surface area contributed by atoms with E-state index in [4.69, 9.17) is 14.7 Å². The van der Waals surface area contributed by atoms with Gasteiger partial charge in [0.2, 0.25) is 6.10 Å². The molecule has 0 saturated carbocycles. The quantitative estimate of drug-likeness (QED) is 0.828. The lowest BCUT2D eigenvalue weighted by Crippen LogP contribution is -2.34. The molecule has 0 aliphatic heterocycles. The van der Waals surface area contributed by atoms with Crippen molar-refractivity contribution in [3.05, 3.63) is 35.4 Å². The number of hydrogen-bond donors (Lipinski definition) is 2. The van der Waals surface area contributed by atoms with Gasteiger partial charge in [0.05, 0.1) is 0 Å². The van der Waals surface area contributed by atoms with Crippen molar-refractivity contribution >= 4 is 12.1 Å². The normalized spacial score (nSPS) is 12.6. The van der Waals surface area contributed by atoms with Gasteiger partial charge in [-0.25, -0.2) is 9.59 Å². The van der Waals surface area contributed by atoms with Crippen molar-refractivity contribution < 1.29 is 24.3 Å². The third kappa shape index (κ3) is 5.27. The lowest BCUT2D eigenvalue weighted by Gasteiger charge is -2.20. The number of nitrogens with one attached hydrogen (secondary N) is 1. The summed E-state index contributed by atoms with van der Waals surface area (Å²) in [6.45, 7) is 6.98. The zero-order chi connectivity index (χ0) is 15.3. The van der Waals surface area contributed by atoms with Crippen molar-refractivity contribution in [2.24, 2.45) is 0 Å². The molecule has 110 valence electrons. The number of carbonyl (C=O) groups excluding carboxylic acids is 1. The summed E-state index contributed by atoms with van der Waals surface area (Å²) in [5, 5.41) is 9.12. The van der Waals surface area contributed by atoms with E-state index in [1.165, 1.54) is 0 Å². The van der Waals surface area contributed by atoms with Crippen LogP contribution in [0.3, 0.4) is 0 Å². The second-order valence-corrected chi connectivity index (χ2v) is 5.35. The highest BCUT2D eigenvalue weighted by atomic mass is 16.7. The molecule has 0 radical (unpaired) electrons.